The zero-order valence-electron chi connectivity index (χ0n) is 10.9. The average Bonchev–Trinajstić information content (AvgIpc) is 2.90. The molecule has 1 N–H and O–H groups in total. The molecule has 1 aromatic carbocycles. The Balaban J connectivity index is 1.88. The van der Waals surface area contributed by atoms with Crippen LogP contribution in [0.25, 0.3) is 11.0 Å². The number of aromatic nitrogens is 2. The average molecular weight is 277 g/mol. The number of fused-ring (bicyclic) bond motifs is 1. The van der Waals surface area contributed by atoms with Gasteiger partial charge in [-0.25, -0.2) is 9.97 Å². The molecular formula is C14H17ClN4. The van der Waals surface area contributed by atoms with E-state index < -0.39 is 0 Å². The third-order valence-corrected chi connectivity index (χ3v) is 3.78. The van der Waals surface area contributed by atoms with E-state index >= 15 is 0 Å². The highest BCUT2D eigenvalue weighted by Crippen LogP contribution is 2.24. The maximum atomic E-state index is 6.25. The standard InChI is InChI=1S/C14H17ClN4/c1-19(9-10-5-4-8-16-10)14-13(15)17-11-6-2-3-7-12(11)18-14/h2-3,6-7,10,16H,4-5,8-9H2,1H3/t10-/m1/s1. The van der Waals surface area contributed by atoms with E-state index in [2.05, 4.69) is 20.2 Å². The molecule has 1 fully saturated rings. The van der Waals surface area contributed by atoms with Crippen molar-refractivity contribution >= 4 is 28.5 Å². The third-order valence-electron chi connectivity index (χ3n) is 3.53. The summed E-state index contributed by atoms with van der Waals surface area (Å²) in [4.78, 5) is 11.1. The van der Waals surface area contributed by atoms with Crippen LogP contribution in [0.15, 0.2) is 24.3 Å². The molecule has 1 aliphatic rings. The number of para-hydroxylation sites is 2. The number of nitrogens with one attached hydrogen (secondary N) is 1. The Labute approximate surface area is 117 Å². The van der Waals surface area contributed by atoms with Gasteiger partial charge in [-0.15, -0.1) is 0 Å². The van der Waals surface area contributed by atoms with Crippen LogP contribution in [0.1, 0.15) is 12.8 Å². The number of nitrogens with zero attached hydrogens (tertiary/aromatic N) is 3. The zero-order chi connectivity index (χ0) is 13.2. The SMILES string of the molecule is CN(C[C@H]1CCCN1)c1nc2ccccc2nc1Cl. The number of halogens is 1. The summed E-state index contributed by atoms with van der Waals surface area (Å²) in [6.45, 7) is 2.02. The van der Waals surface area contributed by atoms with Crippen molar-refractivity contribution in [1.82, 2.24) is 15.3 Å². The monoisotopic (exact) mass is 276 g/mol. The van der Waals surface area contributed by atoms with E-state index in [4.69, 9.17) is 11.6 Å². The van der Waals surface area contributed by atoms with Crippen LogP contribution >= 0.6 is 11.6 Å². The molecule has 0 unspecified atom stereocenters. The molecule has 0 bridgehead atoms. The summed E-state index contributed by atoms with van der Waals surface area (Å²) < 4.78 is 0. The molecule has 19 heavy (non-hydrogen) atoms. The normalized spacial score (nSPS) is 18.9. The van der Waals surface area contributed by atoms with Crippen LogP contribution in [0, 0.1) is 0 Å². The molecule has 0 radical (unpaired) electrons. The van der Waals surface area contributed by atoms with Gasteiger partial charge in [-0.1, -0.05) is 23.7 Å². The number of hydrogen-bond acceptors (Lipinski definition) is 4. The predicted molar refractivity (Wildman–Crippen MR) is 78.8 cm³/mol. The molecule has 1 aliphatic heterocycles. The molecule has 0 aliphatic carbocycles. The molecule has 0 amide bonds. The zero-order valence-corrected chi connectivity index (χ0v) is 11.7. The highest BCUT2D eigenvalue weighted by Gasteiger charge is 2.18. The quantitative estimate of drug-likeness (QED) is 0.935. The van der Waals surface area contributed by atoms with Crippen LogP contribution in [0.5, 0.6) is 0 Å². The second-order valence-corrected chi connectivity index (χ2v) is 5.36. The molecule has 3 rings (SSSR count). The molecule has 1 atom stereocenters. The molecule has 0 spiro atoms. The summed E-state index contributed by atoms with van der Waals surface area (Å²) in [6, 6.07) is 8.32. The van der Waals surface area contributed by atoms with Gasteiger partial charge in [0, 0.05) is 19.6 Å². The molecule has 2 aromatic rings. The van der Waals surface area contributed by atoms with Crippen molar-refractivity contribution in [3.8, 4) is 0 Å². The molecule has 1 aromatic heterocycles. The Hall–Kier alpha value is -1.39. The molecule has 4 nitrogen and oxygen atoms in total. The van der Waals surface area contributed by atoms with E-state index in [0.717, 1.165) is 29.9 Å². The van der Waals surface area contributed by atoms with Gasteiger partial charge in [-0.3, -0.25) is 0 Å². The molecule has 1 saturated heterocycles. The van der Waals surface area contributed by atoms with Crippen LogP contribution < -0.4 is 10.2 Å². The molecule has 100 valence electrons. The number of hydrogen-bond donors (Lipinski definition) is 1. The highest BCUT2D eigenvalue weighted by atomic mass is 35.5. The van der Waals surface area contributed by atoms with Gasteiger partial charge in [0.1, 0.15) is 0 Å². The first-order valence-electron chi connectivity index (χ1n) is 6.61. The number of rotatable bonds is 3. The van der Waals surface area contributed by atoms with Crippen molar-refractivity contribution < 1.29 is 0 Å². The van der Waals surface area contributed by atoms with Gasteiger partial charge in [-0.05, 0) is 31.5 Å². The van der Waals surface area contributed by atoms with Gasteiger partial charge in [0.25, 0.3) is 0 Å². The van der Waals surface area contributed by atoms with Crippen LogP contribution in [0.4, 0.5) is 5.82 Å². The number of likely N-dealkylation sites (N-methyl/N-ethyl adjacent to an activating group) is 1. The molecule has 5 heteroatoms. The lowest BCUT2D eigenvalue weighted by Gasteiger charge is -2.23. The fourth-order valence-electron chi connectivity index (χ4n) is 2.54. The lowest BCUT2D eigenvalue weighted by molar-refractivity contribution is 0.597. The predicted octanol–water partition coefficient (Wildman–Crippen LogP) is 2.47. The first-order valence-corrected chi connectivity index (χ1v) is 6.98. The fraction of sp³-hybridized carbons (Fsp3) is 0.429. The summed E-state index contributed by atoms with van der Waals surface area (Å²) in [7, 11) is 2.02. The topological polar surface area (TPSA) is 41.0 Å². The maximum absolute atomic E-state index is 6.25. The minimum absolute atomic E-state index is 0.471. The maximum Gasteiger partial charge on any atom is 0.172 e. The lowest BCUT2D eigenvalue weighted by Crippen LogP contribution is -2.35. The van der Waals surface area contributed by atoms with Crippen molar-refractivity contribution in [2.45, 2.75) is 18.9 Å². The van der Waals surface area contributed by atoms with Crippen molar-refractivity contribution in [1.29, 1.82) is 0 Å². The van der Waals surface area contributed by atoms with Crippen molar-refractivity contribution in [2.75, 3.05) is 25.0 Å². The summed E-state index contributed by atoms with van der Waals surface area (Å²) >= 11 is 6.25. The van der Waals surface area contributed by atoms with Gasteiger partial charge in [0.2, 0.25) is 0 Å². The molecule has 2 heterocycles. The van der Waals surface area contributed by atoms with Crippen molar-refractivity contribution in [3.05, 3.63) is 29.4 Å². The Morgan fingerprint density at radius 1 is 1.32 bits per heavy atom. The Kier molecular flexibility index (Phi) is 3.53. The van der Waals surface area contributed by atoms with E-state index in [9.17, 15) is 0 Å². The Morgan fingerprint density at radius 2 is 2.05 bits per heavy atom. The van der Waals surface area contributed by atoms with Crippen molar-refractivity contribution in [3.63, 3.8) is 0 Å². The van der Waals surface area contributed by atoms with Gasteiger partial charge in [0.15, 0.2) is 11.0 Å². The van der Waals surface area contributed by atoms with Crippen molar-refractivity contribution in [2.24, 2.45) is 0 Å². The van der Waals surface area contributed by atoms with Crippen LogP contribution in [-0.4, -0.2) is 36.1 Å². The Bertz CT molecular complexity index is 581. The molecular weight excluding hydrogens is 260 g/mol. The lowest BCUT2D eigenvalue weighted by atomic mass is 10.2. The minimum atomic E-state index is 0.471. The van der Waals surface area contributed by atoms with E-state index in [1.807, 2.05) is 31.3 Å². The van der Waals surface area contributed by atoms with Gasteiger partial charge < -0.3 is 10.2 Å². The van der Waals surface area contributed by atoms with Gasteiger partial charge in [-0.2, -0.15) is 0 Å². The smallest absolute Gasteiger partial charge is 0.172 e. The minimum Gasteiger partial charge on any atom is -0.356 e. The largest absolute Gasteiger partial charge is 0.356 e. The number of benzene rings is 1. The first kappa shape index (κ1) is 12.6. The van der Waals surface area contributed by atoms with Gasteiger partial charge in [0.05, 0.1) is 11.0 Å². The summed E-state index contributed by atoms with van der Waals surface area (Å²) in [5.41, 5.74) is 1.72. The first-order chi connectivity index (χ1) is 9.24. The summed E-state index contributed by atoms with van der Waals surface area (Å²) in [5, 5.41) is 3.95. The van der Waals surface area contributed by atoms with Crippen LogP contribution in [0.3, 0.4) is 0 Å². The summed E-state index contributed by atoms with van der Waals surface area (Å²) in [5.74, 6) is 0.758. The number of anilines is 1. The van der Waals surface area contributed by atoms with E-state index in [0.29, 0.717) is 11.2 Å². The van der Waals surface area contributed by atoms with Crippen LogP contribution in [-0.2, 0) is 0 Å². The van der Waals surface area contributed by atoms with E-state index in [1.54, 1.807) is 0 Å². The van der Waals surface area contributed by atoms with E-state index in [1.165, 1.54) is 12.8 Å². The fourth-order valence-corrected chi connectivity index (χ4v) is 2.82. The van der Waals surface area contributed by atoms with Crippen LogP contribution in [0.2, 0.25) is 5.15 Å². The second-order valence-electron chi connectivity index (χ2n) is 5.00. The van der Waals surface area contributed by atoms with Gasteiger partial charge >= 0.3 is 0 Å². The summed E-state index contributed by atoms with van der Waals surface area (Å²) in [6.07, 6.45) is 2.46. The van der Waals surface area contributed by atoms with E-state index in [-0.39, 0.29) is 0 Å². The second kappa shape index (κ2) is 5.31. The Morgan fingerprint density at radius 3 is 2.74 bits per heavy atom. The highest BCUT2D eigenvalue weighted by molar-refractivity contribution is 6.32. The molecule has 0 saturated carbocycles. The third kappa shape index (κ3) is 2.65.